The van der Waals surface area contributed by atoms with E-state index in [0.717, 1.165) is 12.8 Å². The Morgan fingerprint density at radius 2 is 1.78 bits per heavy atom. The number of carbonyl (C=O) groups excluding carboxylic acids is 2. The molecule has 2 saturated heterocycles. The van der Waals surface area contributed by atoms with Gasteiger partial charge in [-0.2, -0.15) is 0 Å². The van der Waals surface area contributed by atoms with Crippen molar-refractivity contribution in [3.8, 4) is 0 Å². The maximum atomic E-state index is 11.9. The van der Waals surface area contributed by atoms with E-state index in [-0.39, 0.29) is 24.1 Å². The van der Waals surface area contributed by atoms with E-state index in [1.807, 2.05) is 4.90 Å². The molecule has 102 valence electrons. The fourth-order valence-corrected chi connectivity index (χ4v) is 2.86. The molecule has 2 aliphatic rings. The summed E-state index contributed by atoms with van der Waals surface area (Å²) in [6, 6.07) is 0.227. The fourth-order valence-electron chi connectivity index (χ4n) is 2.86. The van der Waals surface area contributed by atoms with E-state index in [9.17, 15) is 9.59 Å². The third-order valence-electron chi connectivity index (χ3n) is 3.74. The van der Waals surface area contributed by atoms with Crippen molar-refractivity contribution in [2.75, 3.05) is 33.9 Å². The molecule has 0 spiro atoms. The zero-order valence-electron chi connectivity index (χ0n) is 10.9. The summed E-state index contributed by atoms with van der Waals surface area (Å²) in [6.07, 6.45) is 2.04. The minimum Gasteiger partial charge on any atom is -0.453 e. The Hall–Kier alpha value is -1.30. The Kier molecular flexibility index (Phi) is 4.06. The third kappa shape index (κ3) is 2.43. The summed E-state index contributed by atoms with van der Waals surface area (Å²) < 4.78 is 9.71. The number of fused-ring (bicyclic) bond motifs is 2. The first-order valence-corrected chi connectivity index (χ1v) is 6.30. The van der Waals surface area contributed by atoms with Crippen molar-refractivity contribution in [3.05, 3.63) is 0 Å². The molecule has 2 bridgehead atoms. The molecule has 2 aliphatic heterocycles. The van der Waals surface area contributed by atoms with Crippen LogP contribution >= 0.6 is 0 Å². The fraction of sp³-hybridized carbons (Fsp3) is 0.833. The molecule has 0 saturated carbocycles. The van der Waals surface area contributed by atoms with E-state index < -0.39 is 0 Å². The highest BCUT2D eigenvalue weighted by atomic mass is 16.5. The van der Waals surface area contributed by atoms with Gasteiger partial charge in [0.25, 0.3) is 0 Å². The summed E-state index contributed by atoms with van der Waals surface area (Å²) >= 11 is 0. The van der Waals surface area contributed by atoms with Crippen LogP contribution in [0.3, 0.4) is 0 Å². The highest BCUT2D eigenvalue weighted by Gasteiger charge is 2.44. The number of methoxy groups -OCH3 is 2. The first kappa shape index (κ1) is 13.1. The number of ether oxygens (including phenoxy) is 2. The van der Waals surface area contributed by atoms with Crippen LogP contribution in [0.2, 0.25) is 0 Å². The molecule has 6 heteroatoms. The van der Waals surface area contributed by atoms with Gasteiger partial charge in [0.05, 0.1) is 32.2 Å². The lowest BCUT2D eigenvalue weighted by atomic mass is 10.2. The van der Waals surface area contributed by atoms with Gasteiger partial charge < -0.3 is 14.4 Å². The van der Waals surface area contributed by atoms with Crippen LogP contribution in [0.25, 0.3) is 0 Å². The van der Waals surface area contributed by atoms with E-state index in [1.54, 1.807) is 12.0 Å². The van der Waals surface area contributed by atoms with Crippen LogP contribution in [-0.2, 0) is 14.3 Å². The van der Waals surface area contributed by atoms with Crippen LogP contribution in [0, 0.1) is 0 Å². The summed E-state index contributed by atoms with van der Waals surface area (Å²) in [6.45, 7) is 1.69. The average Bonchev–Trinajstić information content (AvgIpc) is 2.65. The largest absolute Gasteiger partial charge is 0.453 e. The van der Waals surface area contributed by atoms with Gasteiger partial charge in [0.1, 0.15) is 0 Å². The van der Waals surface area contributed by atoms with Crippen molar-refractivity contribution in [3.63, 3.8) is 0 Å². The Balaban J connectivity index is 1.95. The van der Waals surface area contributed by atoms with E-state index in [0.29, 0.717) is 26.1 Å². The zero-order valence-corrected chi connectivity index (χ0v) is 10.9. The van der Waals surface area contributed by atoms with Gasteiger partial charge in [-0.15, -0.1) is 0 Å². The summed E-state index contributed by atoms with van der Waals surface area (Å²) in [7, 11) is 2.99. The minimum atomic E-state index is -0.272. The van der Waals surface area contributed by atoms with E-state index >= 15 is 0 Å². The van der Waals surface area contributed by atoms with Crippen molar-refractivity contribution in [2.24, 2.45) is 0 Å². The van der Waals surface area contributed by atoms with Crippen LogP contribution in [-0.4, -0.2) is 67.8 Å². The standard InChI is InChI=1S/C12H20N2O4/c1-17-6-5-11(15)13-7-9-3-4-10(8-13)14(9)12(16)18-2/h9-10H,3-8H2,1-2H3. The molecule has 2 fully saturated rings. The lowest BCUT2D eigenvalue weighted by Gasteiger charge is -2.40. The Bertz CT molecular complexity index is 320. The molecule has 18 heavy (non-hydrogen) atoms. The molecular formula is C12H20N2O4. The van der Waals surface area contributed by atoms with E-state index in [1.165, 1.54) is 7.11 Å². The topological polar surface area (TPSA) is 59.1 Å². The van der Waals surface area contributed by atoms with Gasteiger partial charge in [-0.1, -0.05) is 0 Å². The van der Waals surface area contributed by atoms with Crippen molar-refractivity contribution in [1.82, 2.24) is 9.80 Å². The first-order valence-electron chi connectivity index (χ1n) is 6.30. The second-order valence-electron chi connectivity index (χ2n) is 4.80. The molecule has 0 radical (unpaired) electrons. The van der Waals surface area contributed by atoms with Gasteiger partial charge in [0.2, 0.25) is 5.91 Å². The monoisotopic (exact) mass is 256 g/mol. The molecule has 0 aliphatic carbocycles. The molecule has 2 amide bonds. The van der Waals surface area contributed by atoms with Crippen LogP contribution in [0.5, 0.6) is 0 Å². The highest BCUT2D eigenvalue weighted by Crippen LogP contribution is 2.30. The lowest BCUT2D eigenvalue weighted by Crippen LogP contribution is -2.57. The van der Waals surface area contributed by atoms with Crippen molar-refractivity contribution >= 4 is 12.0 Å². The number of nitrogens with zero attached hydrogens (tertiary/aromatic N) is 2. The number of piperazine rings is 1. The second kappa shape index (κ2) is 5.56. The number of amides is 2. The van der Waals surface area contributed by atoms with Gasteiger partial charge >= 0.3 is 6.09 Å². The summed E-state index contributed by atoms with van der Waals surface area (Å²) in [5, 5.41) is 0. The van der Waals surface area contributed by atoms with Crippen LogP contribution in [0.4, 0.5) is 4.79 Å². The SMILES string of the molecule is COCCC(=O)N1CC2CCC(C1)N2C(=O)OC. The predicted octanol–water partition coefficient (Wildman–Crippen LogP) is 0.464. The Morgan fingerprint density at radius 3 is 2.28 bits per heavy atom. The molecular weight excluding hydrogens is 236 g/mol. The molecule has 0 aromatic rings. The minimum absolute atomic E-state index is 0.110. The van der Waals surface area contributed by atoms with Gasteiger partial charge in [-0.25, -0.2) is 4.79 Å². The maximum Gasteiger partial charge on any atom is 0.410 e. The van der Waals surface area contributed by atoms with Gasteiger partial charge in [-0.05, 0) is 12.8 Å². The quantitative estimate of drug-likeness (QED) is 0.736. The number of hydrogen-bond donors (Lipinski definition) is 0. The molecule has 2 atom stereocenters. The number of carbonyl (C=O) groups is 2. The summed E-state index contributed by atoms with van der Waals surface area (Å²) in [5.74, 6) is 0.110. The normalized spacial score (nSPS) is 26.3. The average molecular weight is 256 g/mol. The number of rotatable bonds is 3. The van der Waals surface area contributed by atoms with Crippen LogP contribution < -0.4 is 0 Å². The van der Waals surface area contributed by atoms with Gasteiger partial charge in [0, 0.05) is 20.2 Å². The summed E-state index contributed by atoms with van der Waals surface area (Å²) in [4.78, 5) is 27.2. The molecule has 2 heterocycles. The van der Waals surface area contributed by atoms with Crippen molar-refractivity contribution < 1.29 is 19.1 Å². The number of likely N-dealkylation sites (tertiary alicyclic amines) is 1. The van der Waals surface area contributed by atoms with Gasteiger partial charge in [0.15, 0.2) is 0 Å². The highest BCUT2D eigenvalue weighted by molar-refractivity contribution is 5.77. The molecule has 0 N–H and O–H groups in total. The third-order valence-corrected chi connectivity index (χ3v) is 3.74. The van der Waals surface area contributed by atoms with E-state index in [4.69, 9.17) is 9.47 Å². The molecule has 2 unspecified atom stereocenters. The Morgan fingerprint density at radius 1 is 1.17 bits per heavy atom. The second-order valence-corrected chi connectivity index (χ2v) is 4.80. The van der Waals surface area contributed by atoms with Crippen molar-refractivity contribution in [1.29, 1.82) is 0 Å². The lowest BCUT2D eigenvalue weighted by molar-refractivity contribution is -0.135. The van der Waals surface area contributed by atoms with Crippen LogP contribution in [0.15, 0.2) is 0 Å². The number of hydrogen-bond acceptors (Lipinski definition) is 4. The maximum absolute atomic E-state index is 11.9. The van der Waals surface area contributed by atoms with Gasteiger partial charge in [-0.3, -0.25) is 9.69 Å². The molecule has 0 aromatic carbocycles. The zero-order chi connectivity index (χ0) is 13.1. The smallest absolute Gasteiger partial charge is 0.410 e. The predicted molar refractivity (Wildman–Crippen MR) is 64.1 cm³/mol. The molecule has 2 rings (SSSR count). The first-order chi connectivity index (χ1) is 8.67. The molecule has 0 aromatic heterocycles. The Labute approximate surface area is 107 Å². The van der Waals surface area contributed by atoms with E-state index in [2.05, 4.69) is 0 Å². The van der Waals surface area contributed by atoms with Crippen molar-refractivity contribution in [2.45, 2.75) is 31.3 Å². The van der Waals surface area contributed by atoms with Crippen LogP contribution in [0.1, 0.15) is 19.3 Å². The summed E-state index contributed by atoms with van der Waals surface area (Å²) in [5.41, 5.74) is 0. The molecule has 6 nitrogen and oxygen atoms in total.